The molecule has 1 aliphatic rings. The second-order valence-electron chi connectivity index (χ2n) is 6.79. The van der Waals surface area contributed by atoms with E-state index in [9.17, 15) is 14.7 Å². The molecule has 0 spiro atoms. The molecule has 3 rings (SSSR count). The second-order valence-corrected chi connectivity index (χ2v) is 6.79. The molecule has 0 radical (unpaired) electrons. The number of aliphatic carboxylic acids is 1. The number of hydrogen-bond donors (Lipinski definition) is 2. The zero-order valence-electron chi connectivity index (χ0n) is 14.6. The highest BCUT2D eigenvalue weighted by atomic mass is 16.4. The zero-order valence-corrected chi connectivity index (χ0v) is 14.6. The summed E-state index contributed by atoms with van der Waals surface area (Å²) in [6, 6.07) is 9.81. The number of aromatic nitrogens is 2. The van der Waals surface area contributed by atoms with Gasteiger partial charge in [0.15, 0.2) is 0 Å². The fourth-order valence-electron chi connectivity index (χ4n) is 3.78. The smallest absolute Gasteiger partial charge is 0.307 e. The van der Waals surface area contributed by atoms with Crippen molar-refractivity contribution in [3.05, 3.63) is 48.0 Å². The van der Waals surface area contributed by atoms with Crippen molar-refractivity contribution in [2.75, 3.05) is 0 Å². The van der Waals surface area contributed by atoms with E-state index < -0.39 is 17.8 Å². The van der Waals surface area contributed by atoms with Gasteiger partial charge in [-0.1, -0.05) is 32.0 Å². The summed E-state index contributed by atoms with van der Waals surface area (Å²) in [5.74, 6) is -1.23. The van der Waals surface area contributed by atoms with Crippen molar-refractivity contribution in [1.29, 1.82) is 0 Å². The van der Waals surface area contributed by atoms with Crippen LogP contribution in [0.25, 0.3) is 5.69 Å². The predicted molar refractivity (Wildman–Crippen MR) is 93.1 cm³/mol. The standard InChI is InChI=1S/C19H23N3O3/c1-11-12(2)17(19(24)25)16(11)18(23)21-10-15-9-20-13(3)22(15)14-7-5-4-6-8-14/h4-9,11-12,16-17H,10H2,1-3H3,(H,21,23)(H,24,25)/t11?,12?,16-,17+/m0/s1. The Labute approximate surface area is 146 Å². The van der Waals surface area contributed by atoms with Crippen LogP contribution in [0.2, 0.25) is 0 Å². The summed E-state index contributed by atoms with van der Waals surface area (Å²) in [6.07, 6.45) is 1.74. The Kier molecular flexibility index (Phi) is 4.61. The second kappa shape index (κ2) is 6.70. The third-order valence-corrected chi connectivity index (χ3v) is 5.41. The molecule has 6 heteroatoms. The first kappa shape index (κ1) is 17.2. The summed E-state index contributed by atoms with van der Waals surface area (Å²) in [5, 5.41) is 12.2. The van der Waals surface area contributed by atoms with E-state index in [0.29, 0.717) is 6.54 Å². The van der Waals surface area contributed by atoms with Crippen LogP contribution in [0.1, 0.15) is 25.4 Å². The van der Waals surface area contributed by atoms with E-state index in [4.69, 9.17) is 0 Å². The van der Waals surface area contributed by atoms with Gasteiger partial charge in [-0.05, 0) is 30.9 Å². The maximum atomic E-state index is 12.5. The molecule has 1 amide bonds. The average molecular weight is 341 g/mol. The number of carboxylic acids is 1. The van der Waals surface area contributed by atoms with Crippen molar-refractivity contribution >= 4 is 11.9 Å². The fourth-order valence-corrected chi connectivity index (χ4v) is 3.78. The number of hydrogen-bond acceptors (Lipinski definition) is 3. The number of imidazole rings is 1. The van der Waals surface area contributed by atoms with Crippen LogP contribution in [0.5, 0.6) is 0 Å². The van der Waals surface area contributed by atoms with E-state index in [1.165, 1.54) is 0 Å². The van der Waals surface area contributed by atoms with Crippen molar-refractivity contribution in [2.45, 2.75) is 27.3 Å². The maximum Gasteiger partial charge on any atom is 0.307 e. The van der Waals surface area contributed by atoms with Crippen LogP contribution in [0.4, 0.5) is 0 Å². The molecule has 1 aromatic heterocycles. The molecule has 4 atom stereocenters. The van der Waals surface area contributed by atoms with Crippen molar-refractivity contribution in [3.63, 3.8) is 0 Å². The third kappa shape index (κ3) is 3.04. The molecule has 1 saturated carbocycles. The first-order valence-corrected chi connectivity index (χ1v) is 8.51. The summed E-state index contributed by atoms with van der Waals surface area (Å²) in [4.78, 5) is 28.2. The van der Waals surface area contributed by atoms with Crippen molar-refractivity contribution in [1.82, 2.24) is 14.9 Å². The highest BCUT2D eigenvalue weighted by Gasteiger charge is 2.52. The van der Waals surface area contributed by atoms with Crippen LogP contribution in [-0.2, 0) is 16.1 Å². The number of nitrogens with one attached hydrogen (secondary N) is 1. The van der Waals surface area contributed by atoms with Crippen LogP contribution >= 0.6 is 0 Å². The van der Waals surface area contributed by atoms with Gasteiger partial charge in [-0.15, -0.1) is 0 Å². The Balaban J connectivity index is 1.73. The van der Waals surface area contributed by atoms with Gasteiger partial charge in [-0.25, -0.2) is 4.98 Å². The van der Waals surface area contributed by atoms with E-state index in [1.807, 2.05) is 55.7 Å². The third-order valence-electron chi connectivity index (χ3n) is 5.41. The molecule has 1 heterocycles. The van der Waals surface area contributed by atoms with Crippen LogP contribution in [0.15, 0.2) is 36.5 Å². The van der Waals surface area contributed by atoms with Gasteiger partial charge in [-0.2, -0.15) is 0 Å². The van der Waals surface area contributed by atoms with Gasteiger partial charge >= 0.3 is 5.97 Å². The molecule has 2 aromatic rings. The maximum absolute atomic E-state index is 12.5. The number of amides is 1. The fraction of sp³-hybridized carbons (Fsp3) is 0.421. The summed E-state index contributed by atoms with van der Waals surface area (Å²) in [6.45, 7) is 6.06. The minimum Gasteiger partial charge on any atom is -0.481 e. The monoisotopic (exact) mass is 341 g/mol. The minimum atomic E-state index is -0.893. The molecular formula is C19H23N3O3. The van der Waals surface area contributed by atoms with E-state index in [-0.39, 0.29) is 17.7 Å². The molecule has 0 saturated heterocycles. The molecule has 6 nitrogen and oxygen atoms in total. The Hall–Kier alpha value is -2.63. The normalized spacial score (nSPS) is 25.2. The van der Waals surface area contributed by atoms with Gasteiger partial charge in [0.25, 0.3) is 0 Å². The lowest BCUT2D eigenvalue weighted by Gasteiger charge is -2.45. The van der Waals surface area contributed by atoms with Crippen LogP contribution < -0.4 is 5.32 Å². The average Bonchev–Trinajstić information content (AvgIpc) is 2.97. The highest BCUT2D eigenvalue weighted by Crippen LogP contribution is 2.45. The van der Waals surface area contributed by atoms with Gasteiger partial charge in [-0.3, -0.25) is 14.2 Å². The number of carboxylic acid groups (broad SMARTS) is 1. The molecule has 132 valence electrons. The molecule has 0 aliphatic heterocycles. The van der Waals surface area contributed by atoms with Crippen LogP contribution in [0.3, 0.4) is 0 Å². The van der Waals surface area contributed by atoms with Crippen molar-refractivity contribution in [3.8, 4) is 5.69 Å². The molecule has 25 heavy (non-hydrogen) atoms. The van der Waals surface area contributed by atoms with Crippen LogP contribution in [-0.4, -0.2) is 26.5 Å². The van der Waals surface area contributed by atoms with Gasteiger partial charge in [0.05, 0.1) is 30.3 Å². The predicted octanol–water partition coefficient (Wildman–Crippen LogP) is 2.40. The molecular weight excluding hydrogens is 318 g/mol. The lowest BCUT2D eigenvalue weighted by atomic mass is 9.57. The SMILES string of the molecule is Cc1ncc(CNC(=O)[C@H]2C(C)C(C)[C@H]2C(=O)O)n1-c1ccccc1. The molecule has 1 aliphatic carbocycles. The minimum absolute atomic E-state index is 0.0188. The first-order chi connectivity index (χ1) is 11.9. The number of aryl methyl sites for hydroxylation is 1. The van der Waals surface area contributed by atoms with Gasteiger partial charge in [0.1, 0.15) is 5.82 Å². The van der Waals surface area contributed by atoms with Gasteiger partial charge < -0.3 is 10.4 Å². The molecule has 2 unspecified atom stereocenters. The number of nitrogens with zero attached hydrogens (tertiary/aromatic N) is 2. The van der Waals surface area contributed by atoms with Crippen LogP contribution in [0, 0.1) is 30.6 Å². The lowest BCUT2D eigenvalue weighted by Crippen LogP contribution is -2.54. The number of para-hydroxylation sites is 1. The van der Waals surface area contributed by atoms with Crippen molar-refractivity contribution in [2.24, 2.45) is 23.7 Å². The summed E-state index contributed by atoms with van der Waals surface area (Å²) in [5.41, 5.74) is 1.85. The van der Waals surface area contributed by atoms with E-state index >= 15 is 0 Å². The largest absolute Gasteiger partial charge is 0.481 e. The highest BCUT2D eigenvalue weighted by molar-refractivity contribution is 5.87. The summed E-state index contributed by atoms with van der Waals surface area (Å²) < 4.78 is 1.99. The Morgan fingerprint density at radius 1 is 1.16 bits per heavy atom. The van der Waals surface area contributed by atoms with E-state index in [0.717, 1.165) is 17.2 Å². The number of carbonyl (C=O) groups excluding carboxylic acids is 1. The van der Waals surface area contributed by atoms with Gasteiger partial charge in [0.2, 0.25) is 5.91 Å². The first-order valence-electron chi connectivity index (χ1n) is 8.51. The molecule has 1 fully saturated rings. The Morgan fingerprint density at radius 3 is 2.44 bits per heavy atom. The molecule has 1 aromatic carbocycles. The quantitative estimate of drug-likeness (QED) is 0.875. The topological polar surface area (TPSA) is 84.2 Å². The zero-order chi connectivity index (χ0) is 18.1. The summed E-state index contributed by atoms with van der Waals surface area (Å²) >= 11 is 0. The number of rotatable bonds is 5. The molecule has 2 N–H and O–H groups in total. The van der Waals surface area contributed by atoms with E-state index in [2.05, 4.69) is 10.3 Å². The van der Waals surface area contributed by atoms with Crippen molar-refractivity contribution < 1.29 is 14.7 Å². The number of benzene rings is 1. The number of carbonyl (C=O) groups is 2. The lowest BCUT2D eigenvalue weighted by molar-refractivity contribution is -0.164. The Morgan fingerprint density at radius 2 is 1.80 bits per heavy atom. The van der Waals surface area contributed by atoms with Gasteiger partial charge in [0, 0.05) is 5.69 Å². The van der Waals surface area contributed by atoms with E-state index in [1.54, 1.807) is 6.20 Å². The Bertz CT molecular complexity index is 784. The molecule has 0 bridgehead atoms. The summed E-state index contributed by atoms with van der Waals surface area (Å²) in [7, 11) is 0.